The first-order chi connectivity index (χ1) is 22.9. The van der Waals surface area contributed by atoms with Crippen molar-refractivity contribution in [3.05, 3.63) is 0 Å². The minimum atomic E-state index is -0.756. The van der Waals surface area contributed by atoms with E-state index in [4.69, 9.17) is 14.2 Å². The van der Waals surface area contributed by atoms with Crippen molar-refractivity contribution in [2.24, 2.45) is 5.92 Å². The minimum Gasteiger partial charge on any atom is -0.462 e. The molecule has 0 unspecified atom stereocenters. The second-order valence-corrected chi connectivity index (χ2v) is 14.4. The maximum Gasteiger partial charge on any atom is 0.306 e. The molecule has 0 saturated heterocycles. The summed E-state index contributed by atoms with van der Waals surface area (Å²) in [7, 11) is 0. The Morgan fingerprint density at radius 3 is 1.04 bits per heavy atom. The molecule has 6 nitrogen and oxygen atoms in total. The van der Waals surface area contributed by atoms with Crippen LogP contribution in [-0.4, -0.2) is 37.2 Å². The van der Waals surface area contributed by atoms with Gasteiger partial charge in [0.2, 0.25) is 0 Å². The molecule has 1 atom stereocenters. The van der Waals surface area contributed by atoms with E-state index < -0.39 is 6.10 Å². The number of ether oxygens (including phenoxy) is 3. The first-order valence-electron chi connectivity index (χ1n) is 20.4. The van der Waals surface area contributed by atoms with Crippen LogP contribution in [0.1, 0.15) is 220 Å². The van der Waals surface area contributed by atoms with Crippen LogP contribution in [0.3, 0.4) is 0 Å². The average molecular weight is 667 g/mol. The average Bonchev–Trinajstić information content (AvgIpc) is 3.05. The van der Waals surface area contributed by atoms with Gasteiger partial charge in [-0.05, 0) is 25.2 Å². The zero-order valence-corrected chi connectivity index (χ0v) is 31.7. The Balaban J connectivity index is 4.23. The molecular formula is C41H78O6. The van der Waals surface area contributed by atoms with Gasteiger partial charge < -0.3 is 14.2 Å². The molecule has 0 rings (SSSR count). The van der Waals surface area contributed by atoms with E-state index in [-0.39, 0.29) is 31.1 Å². The summed E-state index contributed by atoms with van der Waals surface area (Å²) in [5.41, 5.74) is 0. The summed E-state index contributed by atoms with van der Waals surface area (Å²) < 4.78 is 16.5. The van der Waals surface area contributed by atoms with Gasteiger partial charge in [-0.1, -0.05) is 182 Å². The van der Waals surface area contributed by atoms with Crippen molar-refractivity contribution in [1.29, 1.82) is 0 Å². The molecule has 0 amide bonds. The number of unbranched alkanes of at least 4 members (excludes halogenated alkanes) is 23. The molecule has 47 heavy (non-hydrogen) atoms. The highest BCUT2D eigenvalue weighted by Gasteiger charge is 2.19. The van der Waals surface area contributed by atoms with E-state index in [0.717, 1.165) is 70.1 Å². The molecule has 0 aliphatic rings. The summed E-state index contributed by atoms with van der Waals surface area (Å²) in [5, 5.41) is 0. The molecular weight excluding hydrogens is 588 g/mol. The molecule has 0 radical (unpaired) electrons. The third-order valence-electron chi connectivity index (χ3n) is 9.04. The lowest BCUT2D eigenvalue weighted by molar-refractivity contribution is -0.167. The maximum atomic E-state index is 12.6. The van der Waals surface area contributed by atoms with Crippen LogP contribution >= 0.6 is 0 Å². The number of hydrogen-bond donors (Lipinski definition) is 0. The van der Waals surface area contributed by atoms with Gasteiger partial charge >= 0.3 is 17.9 Å². The van der Waals surface area contributed by atoms with Crippen LogP contribution < -0.4 is 0 Å². The molecule has 0 bridgehead atoms. The van der Waals surface area contributed by atoms with Crippen molar-refractivity contribution in [3.8, 4) is 0 Å². The Morgan fingerprint density at radius 1 is 0.404 bits per heavy atom. The van der Waals surface area contributed by atoms with Crippen molar-refractivity contribution >= 4 is 17.9 Å². The van der Waals surface area contributed by atoms with E-state index in [0.29, 0.717) is 19.3 Å². The van der Waals surface area contributed by atoms with Gasteiger partial charge in [-0.25, -0.2) is 0 Å². The van der Waals surface area contributed by atoms with Gasteiger partial charge in [-0.15, -0.1) is 0 Å². The second kappa shape index (κ2) is 35.7. The predicted molar refractivity (Wildman–Crippen MR) is 196 cm³/mol. The molecule has 6 heteroatoms. The first kappa shape index (κ1) is 45.4. The fraction of sp³-hybridized carbons (Fsp3) is 0.927. The van der Waals surface area contributed by atoms with E-state index >= 15 is 0 Å². The number of rotatable bonds is 36. The highest BCUT2D eigenvalue weighted by atomic mass is 16.6. The smallest absolute Gasteiger partial charge is 0.306 e. The van der Waals surface area contributed by atoms with E-state index in [2.05, 4.69) is 27.7 Å². The SMILES string of the molecule is CCCCCCCCCCCCC(=O)OC[C@@H](COC(=O)CCCCCCC)OC(=O)CCCCCCCCCCCCCC(C)C. The minimum absolute atomic E-state index is 0.0656. The Labute approximate surface area is 291 Å². The Kier molecular flexibility index (Phi) is 34.5. The molecule has 278 valence electrons. The van der Waals surface area contributed by atoms with Crippen molar-refractivity contribution in [2.75, 3.05) is 13.2 Å². The highest BCUT2D eigenvalue weighted by molar-refractivity contribution is 5.71. The Hall–Kier alpha value is -1.59. The largest absolute Gasteiger partial charge is 0.462 e. The maximum absolute atomic E-state index is 12.6. The topological polar surface area (TPSA) is 78.9 Å². The van der Waals surface area contributed by atoms with Crippen LogP contribution in [0.15, 0.2) is 0 Å². The first-order valence-corrected chi connectivity index (χ1v) is 20.4. The van der Waals surface area contributed by atoms with Crippen LogP contribution in [0.25, 0.3) is 0 Å². The van der Waals surface area contributed by atoms with Gasteiger partial charge in [0.25, 0.3) is 0 Å². The van der Waals surface area contributed by atoms with Crippen LogP contribution in [-0.2, 0) is 28.6 Å². The molecule has 0 heterocycles. The van der Waals surface area contributed by atoms with E-state index in [9.17, 15) is 14.4 Å². The number of carbonyl (C=O) groups is 3. The quantitative estimate of drug-likeness (QED) is 0.0376. The van der Waals surface area contributed by atoms with Crippen molar-refractivity contribution in [2.45, 2.75) is 226 Å². The van der Waals surface area contributed by atoms with Gasteiger partial charge in [0, 0.05) is 19.3 Å². The summed E-state index contributed by atoms with van der Waals surface area (Å²) in [6.07, 6.45) is 32.6. The van der Waals surface area contributed by atoms with Gasteiger partial charge in [-0.2, -0.15) is 0 Å². The van der Waals surface area contributed by atoms with Crippen molar-refractivity contribution in [3.63, 3.8) is 0 Å². The molecule has 0 aromatic heterocycles. The number of carbonyl (C=O) groups excluding carboxylic acids is 3. The molecule has 0 fully saturated rings. The third-order valence-corrected chi connectivity index (χ3v) is 9.04. The zero-order chi connectivity index (χ0) is 34.6. The van der Waals surface area contributed by atoms with Crippen molar-refractivity contribution in [1.82, 2.24) is 0 Å². The lowest BCUT2D eigenvalue weighted by atomic mass is 10.0. The molecule has 0 spiro atoms. The molecule has 0 N–H and O–H groups in total. The number of esters is 3. The highest BCUT2D eigenvalue weighted by Crippen LogP contribution is 2.15. The second-order valence-electron chi connectivity index (χ2n) is 14.4. The molecule has 0 aliphatic carbocycles. The normalized spacial score (nSPS) is 11.9. The fourth-order valence-electron chi connectivity index (χ4n) is 5.92. The fourth-order valence-corrected chi connectivity index (χ4v) is 5.92. The summed E-state index contributed by atoms with van der Waals surface area (Å²) in [4.78, 5) is 37.3. The zero-order valence-electron chi connectivity index (χ0n) is 31.7. The molecule has 0 aromatic rings. The summed E-state index contributed by atoms with van der Waals surface area (Å²) in [6, 6.07) is 0. The third kappa shape index (κ3) is 35.5. The van der Waals surface area contributed by atoms with Gasteiger partial charge in [0.1, 0.15) is 13.2 Å². The predicted octanol–water partition coefficient (Wildman–Crippen LogP) is 12.4. The van der Waals surface area contributed by atoms with Gasteiger partial charge in [-0.3, -0.25) is 14.4 Å². The number of hydrogen-bond acceptors (Lipinski definition) is 6. The monoisotopic (exact) mass is 667 g/mol. The van der Waals surface area contributed by atoms with Gasteiger partial charge in [0.05, 0.1) is 0 Å². The van der Waals surface area contributed by atoms with Crippen LogP contribution in [0.4, 0.5) is 0 Å². The van der Waals surface area contributed by atoms with Crippen LogP contribution in [0.2, 0.25) is 0 Å². The Morgan fingerprint density at radius 2 is 0.702 bits per heavy atom. The van der Waals surface area contributed by atoms with Crippen LogP contribution in [0, 0.1) is 5.92 Å². The van der Waals surface area contributed by atoms with E-state index in [1.165, 1.54) is 109 Å². The van der Waals surface area contributed by atoms with Crippen molar-refractivity contribution < 1.29 is 28.6 Å². The molecule has 0 aliphatic heterocycles. The summed E-state index contributed by atoms with van der Waals surface area (Å²) >= 11 is 0. The van der Waals surface area contributed by atoms with E-state index in [1.54, 1.807) is 0 Å². The standard InChI is InChI=1S/C41H78O6/c1-5-7-9-11-12-13-18-21-25-29-33-40(43)46-36-38(35-45-39(42)32-28-23-10-8-6-2)47-41(44)34-30-26-22-19-16-14-15-17-20-24-27-31-37(3)4/h37-38H,5-36H2,1-4H3/t38-/m1/s1. The molecule has 0 aromatic carbocycles. The molecule has 0 saturated carbocycles. The Bertz CT molecular complexity index is 706. The van der Waals surface area contributed by atoms with Crippen LogP contribution in [0.5, 0.6) is 0 Å². The lowest BCUT2D eigenvalue weighted by Crippen LogP contribution is -2.30. The summed E-state index contributed by atoms with van der Waals surface area (Å²) in [6.45, 7) is 8.88. The summed E-state index contributed by atoms with van der Waals surface area (Å²) in [5.74, 6) is -0.0514. The van der Waals surface area contributed by atoms with Gasteiger partial charge in [0.15, 0.2) is 6.10 Å². The van der Waals surface area contributed by atoms with E-state index in [1.807, 2.05) is 0 Å². The lowest BCUT2D eigenvalue weighted by Gasteiger charge is -2.18.